The highest BCUT2D eigenvalue weighted by molar-refractivity contribution is 5.89. The smallest absolute Gasteiger partial charge is 0.292 e. The van der Waals surface area contributed by atoms with Crippen LogP contribution < -0.4 is 5.32 Å². The summed E-state index contributed by atoms with van der Waals surface area (Å²) in [6, 6.07) is 0. The molecule has 7 heteroatoms. The zero-order valence-corrected chi connectivity index (χ0v) is 10.0. The third kappa shape index (κ3) is 3.48. The van der Waals surface area contributed by atoms with Gasteiger partial charge in [-0.3, -0.25) is 4.79 Å². The van der Waals surface area contributed by atoms with E-state index in [9.17, 15) is 4.79 Å². The van der Waals surface area contributed by atoms with E-state index >= 15 is 0 Å². The second-order valence-electron chi connectivity index (χ2n) is 4.56. The third-order valence-corrected chi connectivity index (χ3v) is 2.93. The highest BCUT2D eigenvalue weighted by atomic mass is 16.2. The lowest BCUT2D eigenvalue weighted by Gasteiger charge is -2.20. The average Bonchev–Trinajstić information content (AvgIpc) is 2.97. The summed E-state index contributed by atoms with van der Waals surface area (Å²) in [7, 11) is 0. The van der Waals surface area contributed by atoms with Crippen LogP contribution in [0.5, 0.6) is 0 Å². The second kappa shape index (κ2) is 5.72. The predicted molar refractivity (Wildman–Crippen MR) is 61.3 cm³/mol. The van der Waals surface area contributed by atoms with Crippen molar-refractivity contribution < 1.29 is 4.79 Å². The van der Waals surface area contributed by atoms with Crippen molar-refractivity contribution in [3.05, 3.63) is 5.82 Å². The Morgan fingerprint density at radius 3 is 2.94 bits per heavy atom. The first-order valence-electron chi connectivity index (χ1n) is 5.99. The van der Waals surface area contributed by atoms with Crippen LogP contribution in [0.2, 0.25) is 0 Å². The second-order valence-corrected chi connectivity index (χ2v) is 4.56. The predicted octanol–water partition coefficient (Wildman–Crippen LogP) is -0.339. The van der Waals surface area contributed by atoms with Crippen LogP contribution in [0.25, 0.3) is 0 Å². The van der Waals surface area contributed by atoms with Crippen LogP contribution >= 0.6 is 0 Å². The maximum absolute atomic E-state index is 11.5. The third-order valence-electron chi connectivity index (χ3n) is 2.93. The molecule has 0 aromatic carbocycles. The van der Waals surface area contributed by atoms with Crippen molar-refractivity contribution in [2.45, 2.75) is 19.8 Å². The van der Waals surface area contributed by atoms with E-state index in [2.05, 4.69) is 37.8 Å². The number of carbonyl (C=O) groups excluding carboxylic acids is 1. The highest BCUT2D eigenvalue weighted by Crippen LogP contribution is 2.09. The number of carbonyl (C=O) groups is 1. The summed E-state index contributed by atoms with van der Waals surface area (Å²) in [5.74, 6) is 0.259. The number of amides is 1. The normalized spacial score (nSPS) is 18.2. The molecule has 1 fully saturated rings. The summed E-state index contributed by atoms with van der Waals surface area (Å²) in [4.78, 5) is 14.0. The van der Waals surface area contributed by atoms with Gasteiger partial charge in [-0.1, -0.05) is 6.92 Å². The Labute approximate surface area is 100.0 Å². The van der Waals surface area contributed by atoms with Gasteiger partial charge in [-0.25, -0.2) is 0 Å². The molecule has 1 saturated heterocycles. The van der Waals surface area contributed by atoms with Gasteiger partial charge in [0.1, 0.15) is 0 Å². The van der Waals surface area contributed by atoms with Crippen molar-refractivity contribution in [2.24, 2.45) is 5.92 Å². The number of nitrogens with zero attached hydrogens (tertiary/aromatic N) is 4. The first kappa shape index (κ1) is 12.0. The fraction of sp³-hybridized carbons (Fsp3) is 0.800. The molecular formula is C10H18N6O. The van der Waals surface area contributed by atoms with Gasteiger partial charge in [0.25, 0.3) is 11.7 Å². The number of hydrogen-bond acceptors (Lipinski definition) is 5. The molecule has 0 spiro atoms. The van der Waals surface area contributed by atoms with E-state index in [0.717, 1.165) is 6.54 Å². The molecule has 1 unspecified atom stereocenters. The van der Waals surface area contributed by atoms with Gasteiger partial charge >= 0.3 is 0 Å². The van der Waals surface area contributed by atoms with Crippen LogP contribution in [-0.2, 0) is 0 Å². The van der Waals surface area contributed by atoms with Crippen molar-refractivity contribution in [1.29, 1.82) is 0 Å². The Hall–Kier alpha value is -1.50. The number of hydrogen-bond donors (Lipinski definition) is 2. The van der Waals surface area contributed by atoms with Crippen molar-refractivity contribution in [2.75, 3.05) is 26.2 Å². The zero-order chi connectivity index (χ0) is 12.1. The minimum absolute atomic E-state index is 0.0957. The molecule has 1 aromatic heterocycles. The number of aromatic amines is 1. The summed E-state index contributed by atoms with van der Waals surface area (Å²) in [5.41, 5.74) is 0. The lowest BCUT2D eigenvalue weighted by atomic mass is 10.1. The van der Waals surface area contributed by atoms with Gasteiger partial charge in [0.2, 0.25) is 0 Å². The number of H-pyrrole nitrogens is 1. The van der Waals surface area contributed by atoms with Crippen LogP contribution in [0.1, 0.15) is 30.4 Å². The molecule has 2 N–H and O–H groups in total. The summed E-state index contributed by atoms with van der Waals surface area (Å²) < 4.78 is 0. The molecule has 2 rings (SSSR count). The van der Waals surface area contributed by atoms with E-state index in [1.807, 2.05) is 0 Å². The Balaban J connectivity index is 1.68. The van der Waals surface area contributed by atoms with Crippen LogP contribution in [0.3, 0.4) is 0 Å². The molecule has 7 nitrogen and oxygen atoms in total. The summed E-state index contributed by atoms with van der Waals surface area (Å²) in [6.07, 6.45) is 2.59. The van der Waals surface area contributed by atoms with E-state index in [1.165, 1.54) is 25.9 Å². The molecular weight excluding hydrogens is 220 g/mol. The number of aromatic nitrogens is 4. The number of tetrazole rings is 1. The monoisotopic (exact) mass is 238 g/mol. The van der Waals surface area contributed by atoms with Crippen LogP contribution in [0.4, 0.5) is 0 Å². The van der Waals surface area contributed by atoms with Crippen molar-refractivity contribution >= 4 is 5.91 Å². The van der Waals surface area contributed by atoms with E-state index in [1.54, 1.807) is 0 Å². The van der Waals surface area contributed by atoms with E-state index < -0.39 is 0 Å². The SMILES string of the molecule is CC(CNC(=O)c1nn[nH]n1)CN1CCCC1. The molecule has 1 amide bonds. The van der Waals surface area contributed by atoms with Gasteiger partial charge in [-0.15, -0.1) is 10.2 Å². The molecule has 1 aliphatic heterocycles. The fourth-order valence-electron chi connectivity index (χ4n) is 2.07. The molecule has 0 saturated carbocycles. The van der Waals surface area contributed by atoms with Gasteiger partial charge in [0, 0.05) is 13.1 Å². The minimum Gasteiger partial charge on any atom is -0.349 e. The summed E-state index contributed by atoms with van der Waals surface area (Å²) >= 11 is 0. The van der Waals surface area contributed by atoms with Crippen molar-refractivity contribution in [1.82, 2.24) is 30.8 Å². The van der Waals surface area contributed by atoms with Gasteiger partial charge in [0.15, 0.2) is 0 Å². The van der Waals surface area contributed by atoms with Gasteiger partial charge in [0.05, 0.1) is 0 Å². The number of nitrogens with one attached hydrogen (secondary N) is 2. The Morgan fingerprint density at radius 2 is 2.29 bits per heavy atom. The van der Waals surface area contributed by atoms with Crippen molar-refractivity contribution in [3.8, 4) is 0 Å². The van der Waals surface area contributed by atoms with Crippen LogP contribution in [-0.4, -0.2) is 57.6 Å². The number of likely N-dealkylation sites (tertiary alicyclic amines) is 1. The van der Waals surface area contributed by atoms with Gasteiger partial charge < -0.3 is 10.2 Å². The molecule has 0 bridgehead atoms. The Bertz CT molecular complexity index is 346. The fourth-order valence-corrected chi connectivity index (χ4v) is 2.07. The van der Waals surface area contributed by atoms with Crippen LogP contribution in [0, 0.1) is 5.92 Å². The lowest BCUT2D eigenvalue weighted by molar-refractivity contribution is 0.0934. The van der Waals surface area contributed by atoms with Crippen LogP contribution in [0.15, 0.2) is 0 Å². The molecule has 94 valence electrons. The first-order valence-corrected chi connectivity index (χ1v) is 5.99. The number of rotatable bonds is 5. The highest BCUT2D eigenvalue weighted by Gasteiger charge is 2.16. The standard InChI is InChI=1S/C10H18N6O/c1-8(7-16-4-2-3-5-16)6-11-10(17)9-12-14-15-13-9/h8H,2-7H2,1H3,(H,11,17)(H,12,13,14,15). The van der Waals surface area contributed by atoms with Crippen molar-refractivity contribution in [3.63, 3.8) is 0 Å². The topological polar surface area (TPSA) is 86.8 Å². The Morgan fingerprint density at radius 1 is 1.53 bits per heavy atom. The molecule has 1 atom stereocenters. The molecule has 1 aliphatic rings. The molecule has 1 aromatic rings. The maximum atomic E-state index is 11.5. The molecule has 2 heterocycles. The van der Waals surface area contributed by atoms with E-state index in [-0.39, 0.29) is 11.7 Å². The zero-order valence-electron chi connectivity index (χ0n) is 10.0. The molecule has 0 radical (unpaired) electrons. The minimum atomic E-state index is -0.271. The average molecular weight is 238 g/mol. The maximum Gasteiger partial charge on any atom is 0.292 e. The Kier molecular flexibility index (Phi) is 4.03. The summed E-state index contributed by atoms with van der Waals surface area (Å²) in [6.45, 7) is 6.18. The van der Waals surface area contributed by atoms with E-state index in [0.29, 0.717) is 12.5 Å². The quantitative estimate of drug-likeness (QED) is 0.733. The van der Waals surface area contributed by atoms with Gasteiger partial charge in [-0.05, 0) is 37.1 Å². The molecule has 0 aliphatic carbocycles. The first-order chi connectivity index (χ1) is 8.25. The van der Waals surface area contributed by atoms with Gasteiger partial charge in [-0.2, -0.15) is 5.21 Å². The molecule has 17 heavy (non-hydrogen) atoms. The lowest BCUT2D eigenvalue weighted by Crippen LogP contribution is -2.34. The van der Waals surface area contributed by atoms with E-state index in [4.69, 9.17) is 0 Å². The summed E-state index contributed by atoms with van der Waals surface area (Å²) in [5, 5.41) is 15.7. The largest absolute Gasteiger partial charge is 0.349 e.